The highest BCUT2D eigenvalue weighted by atomic mass is 32.1. The predicted octanol–water partition coefficient (Wildman–Crippen LogP) is 2.40. The van der Waals surface area contributed by atoms with E-state index in [0.29, 0.717) is 5.92 Å². The number of aliphatic hydroxyl groups excluding tert-OH is 2. The largest absolute Gasteiger partial charge is 0.396 e. The van der Waals surface area contributed by atoms with Crippen molar-refractivity contribution in [2.45, 2.75) is 40.0 Å². The van der Waals surface area contributed by atoms with Gasteiger partial charge in [-0.1, -0.05) is 13.8 Å². The Bertz CT molecular complexity index is 332. The Labute approximate surface area is 108 Å². The molecule has 0 saturated heterocycles. The van der Waals surface area contributed by atoms with Crippen LogP contribution >= 0.6 is 11.3 Å². The highest BCUT2D eigenvalue weighted by Gasteiger charge is 2.29. The van der Waals surface area contributed by atoms with Gasteiger partial charge in [0.05, 0.1) is 24.4 Å². The topological polar surface area (TPSA) is 53.4 Å². The number of thiazole rings is 1. The Hall–Kier alpha value is -0.450. The molecular weight excluding hydrogens is 234 g/mol. The van der Waals surface area contributed by atoms with Crippen molar-refractivity contribution in [3.63, 3.8) is 0 Å². The molecule has 98 valence electrons. The Kier molecular flexibility index (Phi) is 5.56. The summed E-state index contributed by atoms with van der Waals surface area (Å²) < 4.78 is 0. The summed E-state index contributed by atoms with van der Waals surface area (Å²) in [5.41, 5.74) is 2.58. The molecule has 0 atom stereocenters. The van der Waals surface area contributed by atoms with Crippen molar-refractivity contribution >= 4 is 11.3 Å². The van der Waals surface area contributed by atoms with Crippen molar-refractivity contribution in [2.24, 2.45) is 11.3 Å². The van der Waals surface area contributed by atoms with Gasteiger partial charge in [0.25, 0.3) is 0 Å². The second-order valence-electron chi connectivity index (χ2n) is 5.28. The summed E-state index contributed by atoms with van der Waals surface area (Å²) in [7, 11) is 0. The maximum atomic E-state index is 9.55. The van der Waals surface area contributed by atoms with E-state index >= 15 is 0 Å². The first kappa shape index (κ1) is 14.6. The molecule has 0 spiro atoms. The van der Waals surface area contributed by atoms with Crippen LogP contribution in [0.15, 0.2) is 5.51 Å². The van der Waals surface area contributed by atoms with E-state index in [1.54, 1.807) is 11.3 Å². The van der Waals surface area contributed by atoms with Gasteiger partial charge < -0.3 is 10.2 Å². The molecule has 0 fully saturated rings. The molecule has 1 heterocycles. The van der Waals surface area contributed by atoms with E-state index in [1.807, 2.05) is 12.4 Å². The first-order valence-corrected chi connectivity index (χ1v) is 7.01. The average molecular weight is 257 g/mol. The Balaban J connectivity index is 2.64. The molecule has 0 radical (unpaired) electrons. The first-order valence-electron chi connectivity index (χ1n) is 6.13. The van der Waals surface area contributed by atoms with Crippen molar-refractivity contribution in [3.8, 4) is 0 Å². The molecule has 0 amide bonds. The normalized spacial score (nSPS) is 12.4. The van der Waals surface area contributed by atoms with Crippen LogP contribution < -0.4 is 0 Å². The van der Waals surface area contributed by atoms with Gasteiger partial charge in [0, 0.05) is 10.3 Å². The zero-order valence-electron chi connectivity index (χ0n) is 10.9. The van der Waals surface area contributed by atoms with Crippen LogP contribution in [0.4, 0.5) is 0 Å². The van der Waals surface area contributed by atoms with Gasteiger partial charge in [-0.25, -0.2) is 4.98 Å². The van der Waals surface area contributed by atoms with E-state index < -0.39 is 0 Å². The Morgan fingerprint density at radius 1 is 1.35 bits per heavy atom. The van der Waals surface area contributed by atoms with E-state index in [9.17, 15) is 10.2 Å². The minimum atomic E-state index is -0.343. The first-order chi connectivity index (χ1) is 8.03. The third kappa shape index (κ3) is 4.05. The molecule has 4 heteroatoms. The summed E-state index contributed by atoms with van der Waals surface area (Å²) in [5.74, 6) is 0.483. The van der Waals surface area contributed by atoms with E-state index in [-0.39, 0.29) is 18.6 Å². The number of hydrogen-bond acceptors (Lipinski definition) is 4. The number of nitrogens with zero attached hydrogens (tertiary/aromatic N) is 1. The Morgan fingerprint density at radius 2 is 2.00 bits per heavy atom. The molecule has 17 heavy (non-hydrogen) atoms. The molecule has 1 aromatic heterocycles. The summed E-state index contributed by atoms with van der Waals surface area (Å²) in [5, 5.41) is 19.1. The van der Waals surface area contributed by atoms with Gasteiger partial charge in [-0.2, -0.15) is 0 Å². The third-order valence-corrected chi connectivity index (χ3v) is 4.23. The molecule has 3 nitrogen and oxygen atoms in total. The molecule has 1 rings (SSSR count). The number of aliphatic hydroxyl groups is 2. The zero-order chi connectivity index (χ0) is 12.9. The highest BCUT2D eigenvalue weighted by Crippen LogP contribution is 2.32. The van der Waals surface area contributed by atoms with Crippen molar-refractivity contribution in [1.29, 1.82) is 0 Å². The van der Waals surface area contributed by atoms with Crippen LogP contribution in [0.5, 0.6) is 0 Å². The standard InChI is InChI=1S/C13H23NO2S/c1-10(2)6-13(7-15,8-16)5-4-12-11(3)14-9-17-12/h9-10,15-16H,4-8H2,1-3H3. The van der Waals surface area contributed by atoms with Gasteiger partial charge in [0.2, 0.25) is 0 Å². The maximum absolute atomic E-state index is 9.55. The van der Waals surface area contributed by atoms with Gasteiger partial charge in [0.1, 0.15) is 0 Å². The second-order valence-corrected chi connectivity index (χ2v) is 6.21. The van der Waals surface area contributed by atoms with Crippen molar-refractivity contribution in [3.05, 3.63) is 16.1 Å². The number of aryl methyl sites for hydroxylation is 2. The fourth-order valence-electron chi connectivity index (χ4n) is 2.25. The van der Waals surface area contributed by atoms with Gasteiger partial charge in [-0.05, 0) is 32.1 Å². The maximum Gasteiger partial charge on any atom is 0.0797 e. The zero-order valence-corrected chi connectivity index (χ0v) is 11.8. The predicted molar refractivity (Wildman–Crippen MR) is 71.2 cm³/mol. The molecule has 0 saturated carbocycles. The van der Waals surface area contributed by atoms with Crippen LogP contribution in [0.1, 0.15) is 37.3 Å². The van der Waals surface area contributed by atoms with E-state index in [2.05, 4.69) is 18.8 Å². The molecule has 0 aliphatic rings. The molecule has 0 aliphatic heterocycles. The quantitative estimate of drug-likeness (QED) is 0.788. The lowest BCUT2D eigenvalue weighted by atomic mass is 9.77. The van der Waals surface area contributed by atoms with E-state index in [4.69, 9.17) is 0 Å². The molecule has 0 aliphatic carbocycles. The molecule has 2 N–H and O–H groups in total. The summed E-state index contributed by atoms with van der Waals surface area (Å²) >= 11 is 1.66. The van der Waals surface area contributed by atoms with Crippen LogP contribution in [0.2, 0.25) is 0 Å². The lowest BCUT2D eigenvalue weighted by molar-refractivity contribution is 0.0300. The smallest absolute Gasteiger partial charge is 0.0797 e. The van der Waals surface area contributed by atoms with Crippen molar-refractivity contribution in [1.82, 2.24) is 4.98 Å². The monoisotopic (exact) mass is 257 g/mol. The minimum Gasteiger partial charge on any atom is -0.396 e. The highest BCUT2D eigenvalue weighted by molar-refractivity contribution is 7.09. The molecular formula is C13H23NO2S. The van der Waals surface area contributed by atoms with Crippen molar-refractivity contribution < 1.29 is 10.2 Å². The van der Waals surface area contributed by atoms with Crippen LogP contribution in [-0.4, -0.2) is 28.4 Å². The van der Waals surface area contributed by atoms with E-state index in [0.717, 1.165) is 25.0 Å². The van der Waals surface area contributed by atoms with Gasteiger partial charge in [-0.15, -0.1) is 11.3 Å². The SMILES string of the molecule is Cc1ncsc1CCC(CO)(CO)CC(C)C. The fraction of sp³-hybridized carbons (Fsp3) is 0.769. The molecule has 0 aromatic carbocycles. The van der Waals surface area contributed by atoms with Crippen LogP contribution in [0.25, 0.3) is 0 Å². The van der Waals surface area contributed by atoms with Gasteiger partial charge in [0.15, 0.2) is 0 Å². The number of aromatic nitrogens is 1. The number of rotatable bonds is 7. The van der Waals surface area contributed by atoms with Gasteiger partial charge >= 0.3 is 0 Å². The number of hydrogen-bond donors (Lipinski definition) is 2. The van der Waals surface area contributed by atoms with Gasteiger partial charge in [-0.3, -0.25) is 0 Å². The van der Waals surface area contributed by atoms with Crippen LogP contribution in [-0.2, 0) is 6.42 Å². The Morgan fingerprint density at radius 3 is 2.41 bits per heavy atom. The fourth-order valence-corrected chi connectivity index (χ4v) is 3.03. The summed E-state index contributed by atoms with van der Waals surface area (Å²) in [6.07, 6.45) is 2.57. The average Bonchev–Trinajstić information content (AvgIpc) is 2.70. The summed E-state index contributed by atoms with van der Waals surface area (Å²) in [4.78, 5) is 5.49. The van der Waals surface area contributed by atoms with E-state index in [1.165, 1.54) is 4.88 Å². The van der Waals surface area contributed by atoms with Crippen molar-refractivity contribution in [2.75, 3.05) is 13.2 Å². The third-order valence-electron chi connectivity index (χ3n) is 3.24. The molecule has 0 unspecified atom stereocenters. The molecule has 0 bridgehead atoms. The lowest BCUT2D eigenvalue weighted by Gasteiger charge is -2.31. The van der Waals surface area contributed by atoms with Crippen LogP contribution in [0.3, 0.4) is 0 Å². The minimum absolute atomic E-state index is 0.0551. The summed E-state index contributed by atoms with van der Waals surface area (Å²) in [6, 6.07) is 0. The summed E-state index contributed by atoms with van der Waals surface area (Å²) in [6.45, 7) is 6.36. The second kappa shape index (κ2) is 6.47. The molecule has 1 aromatic rings. The lowest BCUT2D eigenvalue weighted by Crippen LogP contribution is -2.32. The van der Waals surface area contributed by atoms with Crippen LogP contribution in [0, 0.1) is 18.3 Å².